The van der Waals surface area contributed by atoms with Crippen LogP contribution in [0, 0.1) is 24.8 Å². The number of ketones is 1. The Morgan fingerprint density at radius 2 is 1.56 bits per heavy atom. The number of furan rings is 1. The van der Waals surface area contributed by atoms with Crippen LogP contribution < -0.4 is 10.6 Å². The third kappa shape index (κ3) is 6.02. The maximum Gasteiger partial charge on any atom is 0.162 e. The van der Waals surface area contributed by atoms with E-state index in [2.05, 4.69) is 91.1 Å². The number of carbonyl (C=O) groups is 1. The third-order valence-corrected chi connectivity index (χ3v) is 13.3. The molecule has 251 valence electrons. The molecule has 48 heavy (non-hydrogen) atoms. The predicted molar refractivity (Wildman–Crippen MR) is 199 cm³/mol. The van der Waals surface area contributed by atoms with E-state index in [1.807, 2.05) is 40.0 Å². The van der Waals surface area contributed by atoms with Gasteiger partial charge in [0.25, 0.3) is 0 Å². The van der Waals surface area contributed by atoms with Gasteiger partial charge >= 0.3 is 0 Å². The Balaban J connectivity index is 0.000000243. The summed E-state index contributed by atoms with van der Waals surface area (Å²) in [6.45, 7) is 14.9. The van der Waals surface area contributed by atoms with Crippen molar-refractivity contribution in [3.63, 3.8) is 0 Å². The van der Waals surface area contributed by atoms with Crippen LogP contribution in [0.1, 0.15) is 58.9 Å². The summed E-state index contributed by atoms with van der Waals surface area (Å²) in [5, 5.41) is 16.9. The molecule has 0 bridgehead atoms. The number of para-hydroxylation sites is 1. The van der Waals surface area contributed by atoms with E-state index in [0.717, 1.165) is 58.5 Å². The number of hydrogen-bond acceptors (Lipinski definition) is 4. The minimum Gasteiger partial charge on any atom is -0.512 e. The number of aromatic nitrogens is 2. The molecule has 7 heteroatoms. The van der Waals surface area contributed by atoms with Gasteiger partial charge in [-0.1, -0.05) is 112 Å². The molecule has 0 aliphatic heterocycles. The fourth-order valence-electron chi connectivity index (χ4n) is 7.19. The molecule has 5 nitrogen and oxygen atoms in total. The van der Waals surface area contributed by atoms with Crippen LogP contribution in [0.3, 0.4) is 0 Å². The number of fused-ring (bicyclic) bond motifs is 5. The molecule has 0 unspecified atom stereocenters. The molecule has 0 saturated heterocycles. The van der Waals surface area contributed by atoms with Gasteiger partial charge in [-0.3, -0.25) is 4.79 Å². The molecule has 0 saturated carbocycles. The molecule has 7 rings (SSSR count). The molecule has 4 heterocycles. The van der Waals surface area contributed by atoms with E-state index in [1.54, 1.807) is 0 Å². The minimum absolute atomic E-state index is 0. The Morgan fingerprint density at radius 3 is 2.23 bits per heavy atom. The molecule has 0 atom stereocenters. The third-order valence-electron chi connectivity index (χ3n) is 10.0. The van der Waals surface area contributed by atoms with Gasteiger partial charge in [0.15, 0.2) is 13.9 Å². The molecule has 0 amide bonds. The molecule has 7 aromatic rings. The van der Waals surface area contributed by atoms with E-state index in [9.17, 15) is 9.90 Å². The van der Waals surface area contributed by atoms with Gasteiger partial charge in [-0.25, -0.2) is 0 Å². The Labute approximate surface area is 297 Å². The molecule has 0 spiro atoms. The summed E-state index contributed by atoms with van der Waals surface area (Å²) < 4.78 is 9.15. The van der Waals surface area contributed by atoms with Crippen LogP contribution in [0.25, 0.3) is 49.2 Å². The predicted octanol–water partition coefficient (Wildman–Crippen LogP) is 9.78. The van der Waals surface area contributed by atoms with E-state index < -0.39 is 8.07 Å². The van der Waals surface area contributed by atoms with Crippen molar-refractivity contribution in [3.05, 3.63) is 96.4 Å². The van der Waals surface area contributed by atoms with Gasteiger partial charge in [0.05, 0.1) is 11.3 Å². The fourth-order valence-corrected chi connectivity index (χ4v) is 9.67. The number of aryl methyl sites for hydroxylation is 1. The summed E-state index contributed by atoms with van der Waals surface area (Å²) in [6.07, 6.45) is 6.77. The minimum atomic E-state index is -2.13. The number of allylic oxidation sites excluding steroid dienone is 2. The van der Waals surface area contributed by atoms with Crippen molar-refractivity contribution in [2.45, 2.75) is 73.4 Å². The van der Waals surface area contributed by atoms with Crippen LogP contribution in [0.15, 0.2) is 89.2 Å². The Bertz CT molecular complexity index is 2220. The van der Waals surface area contributed by atoms with Crippen molar-refractivity contribution in [2.24, 2.45) is 11.8 Å². The molecular weight excluding hydrogens is 789 g/mol. The van der Waals surface area contributed by atoms with Crippen molar-refractivity contribution in [1.29, 1.82) is 0 Å². The smallest absolute Gasteiger partial charge is 0.162 e. The van der Waals surface area contributed by atoms with Crippen LogP contribution in [0.5, 0.6) is 0 Å². The first-order valence-electron chi connectivity index (χ1n) is 17.0. The second-order valence-corrected chi connectivity index (χ2v) is 17.5. The van der Waals surface area contributed by atoms with Gasteiger partial charge in [-0.15, -0.1) is 17.7 Å². The van der Waals surface area contributed by atoms with E-state index >= 15 is 0 Å². The first-order valence-corrected chi connectivity index (χ1v) is 20.0. The summed E-state index contributed by atoms with van der Waals surface area (Å²) in [4.78, 5) is 16.6. The molecule has 3 aromatic carbocycles. The van der Waals surface area contributed by atoms with Crippen molar-refractivity contribution in [1.82, 2.24) is 9.38 Å². The molecule has 0 aliphatic carbocycles. The Morgan fingerprint density at radius 1 is 0.917 bits per heavy atom. The summed E-state index contributed by atoms with van der Waals surface area (Å²) in [5.41, 5.74) is 6.57. The molecule has 0 aliphatic rings. The number of pyridine rings is 2. The maximum absolute atomic E-state index is 11.7. The number of rotatable bonds is 9. The first-order chi connectivity index (χ1) is 22.7. The number of aliphatic hydroxyl groups excluding tert-OH is 1. The molecule has 1 radical (unpaired) electrons. The van der Waals surface area contributed by atoms with E-state index in [1.165, 1.54) is 38.6 Å². The Kier molecular flexibility index (Phi) is 10.6. The average Bonchev–Trinajstić information content (AvgIpc) is 3.63. The SMILES string of the molecule is CCC(CC)C(=O)/C=C(\O)C(CC)CC.Cc1[c-]c2c3nccc4oc([Si](C)(C)c5ccccc5)c(c43)n3c4ccccc4c(c1)c23.[Ir]. The van der Waals surface area contributed by atoms with Gasteiger partial charge in [0, 0.05) is 60.6 Å². The van der Waals surface area contributed by atoms with E-state index in [0.29, 0.717) is 0 Å². The number of carbonyl (C=O) groups excluding carboxylic acids is 1. The second-order valence-electron chi connectivity index (χ2n) is 13.2. The van der Waals surface area contributed by atoms with E-state index in [-0.39, 0.29) is 43.5 Å². The molecule has 1 N–H and O–H groups in total. The van der Waals surface area contributed by atoms with Gasteiger partial charge in [-0.05, 0) is 48.7 Å². The van der Waals surface area contributed by atoms with Crippen LogP contribution in [0.2, 0.25) is 13.1 Å². The standard InChI is InChI=1S/C28H21N2OSi.C13H24O2.Ir/c1-17-15-20-19-11-7-8-12-22(19)30-26(20)21(16-17)25-24-23(13-14-29-25)31-28(27(24)30)32(2,3)18-9-5-4-6-10-18;1-5-10(6-2)12(14)9-13(15)11(7-3)8-4;/h4-15H,1-3H3;9-11,14H,5-8H2,1-4H3;/q-1;;/b;12-9-;. The zero-order chi connectivity index (χ0) is 33.5. The fraction of sp³-hybridized carbons (Fsp3) is 0.317. The summed E-state index contributed by atoms with van der Waals surface area (Å²) in [5.74, 6) is 0.547. The normalized spacial score (nSPS) is 12.5. The van der Waals surface area contributed by atoms with Gasteiger partial charge < -0.3 is 18.9 Å². The first kappa shape index (κ1) is 35.5. The number of nitrogens with zero attached hydrogens (tertiary/aromatic N) is 2. The Hall–Kier alpha value is -3.77. The largest absolute Gasteiger partial charge is 0.512 e. The van der Waals surface area contributed by atoms with Crippen LogP contribution >= 0.6 is 0 Å². The summed E-state index contributed by atoms with van der Waals surface area (Å²) in [6, 6.07) is 27.4. The molecule has 4 aromatic heterocycles. The van der Waals surface area contributed by atoms with E-state index in [4.69, 9.17) is 9.40 Å². The van der Waals surface area contributed by atoms with Crippen LogP contribution in [-0.4, -0.2) is 28.3 Å². The van der Waals surface area contributed by atoms with Crippen LogP contribution in [0.4, 0.5) is 0 Å². The molecular formula is C41H45IrN2O3Si-. The van der Waals surface area contributed by atoms with Crippen molar-refractivity contribution < 1.29 is 34.4 Å². The quantitative estimate of drug-likeness (QED) is 0.0518. The summed E-state index contributed by atoms with van der Waals surface area (Å²) in [7, 11) is -2.13. The van der Waals surface area contributed by atoms with Crippen molar-refractivity contribution in [2.75, 3.05) is 0 Å². The van der Waals surface area contributed by atoms with Gasteiger partial charge in [0.1, 0.15) is 11.0 Å². The number of aliphatic hydroxyl groups is 1. The zero-order valence-electron chi connectivity index (χ0n) is 29.0. The van der Waals surface area contributed by atoms with Crippen molar-refractivity contribution >= 4 is 73.6 Å². The molecule has 0 fully saturated rings. The monoisotopic (exact) mass is 834 g/mol. The summed E-state index contributed by atoms with van der Waals surface area (Å²) >= 11 is 0. The van der Waals surface area contributed by atoms with Gasteiger partial charge in [-0.2, -0.15) is 0 Å². The zero-order valence-corrected chi connectivity index (χ0v) is 32.4. The number of hydrogen-bond donors (Lipinski definition) is 1. The van der Waals surface area contributed by atoms with Crippen LogP contribution in [-0.2, 0) is 24.9 Å². The number of benzene rings is 3. The second kappa shape index (κ2) is 14.4. The van der Waals surface area contributed by atoms with Crippen molar-refractivity contribution in [3.8, 4) is 0 Å². The topological polar surface area (TPSA) is 67.7 Å². The maximum atomic E-state index is 11.7. The van der Waals surface area contributed by atoms with Gasteiger partial charge in [0.2, 0.25) is 0 Å². The average molecular weight is 834 g/mol.